The lowest BCUT2D eigenvalue weighted by Crippen LogP contribution is -2.43. The molecule has 1 unspecified atom stereocenters. The molecule has 1 N–H and O–H groups in total. The summed E-state index contributed by atoms with van der Waals surface area (Å²) in [6.07, 6.45) is 1.76. The molecule has 1 aromatic carbocycles. The number of nitriles is 1. The SMILES string of the molecule is CCC(C)NC(=O)CN(c1ccccc1C#N)S(C)(=O)=O. The van der Waals surface area contributed by atoms with Crippen LogP contribution in [-0.4, -0.2) is 33.2 Å². The van der Waals surface area contributed by atoms with E-state index in [4.69, 9.17) is 5.26 Å². The van der Waals surface area contributed by atoms with Crippen molar-refractivity contribution >= 4 is 21.6 Å². The van der Waals surface area contributed by atoms with Crippen LogP contribution >= 0.6 is 0 Å². The normalized spacial score (nSPS) is 12.3. The van der Waals surface area contributed by atoms with Gasteiger partial charge in [-0.15, -0.1) is 0 Å². The number of rotatable bonds is 6. The molecule has 0 aliphatic rings. The van der Waals surface area contributed by atoms with Crippen molar-refractivity contribution in [2.75, 3.05) is 17.1 Å². The first kappa shape index (κ1) is 17.0. The van der Waals surface area contributed by atoms with Crippen molar-refractivity contribution in [1.82, 2.24) is 5.32 Å². The van der Waals surface area contributed by atoms with Gasteiger partial charge in [-0.1, -0.05) is 19.1 Å². The van der Waals surface area contributed by atoms with Crippen molar-refractivity contribution < 1.29 is 13.2 Å². The van der Waals surface area contributed by atoms with Gasteiger partial charge in [0.2, 0.25) is 15.9 Å². The Hall–Kier alpha value is -2.07. The highest BCUT2D eigenvalue weighted by atomic mass is 32.2. The summed E-state index contributed by atoms with van der Waals surface area (Å²) in [5, 5.41) is 11.8. The summed E-state index contributed by atoms with van der Waals surface area (Å²) in [6.45, 7) is 3.41. The summed E-state index contributed by atoms with van der Waals surface area (Å²) in [5.41, 5.74) is 0.418. The smallest absolute Gasteiger partial charge is 0.240 e. The van der Waals surface area contributed by atoms with E-state index in [0.717, 1.165) is 17.0 Å². The third kappa shape index (κ3) is 4.76. The van der Waals surface area contributed by atoms with E-state index in [-0.39, 0.29) is 23.8 Å². The average Bonchev–Trinajstić information content (AvgIpc) is 2.43. The van der Waals surface area contributed by atoms with E-state index in [0.29, 0.717) is 0 Å². The number of hydrogen-bond acceptors (Lipinski definition) is 4. The van der Waals surface area contributed by atoms with Gasteiger partial charge in [-0.3, -0.25) is 9.10 Å². The Morgan fingerprint density at radius 1 is 1.43 bits per heavy atom. The van der Waals surface area contributed by atoms with Crippen molar-refractivity contribution in [3.63, 3.8) is 0 Å². The Balaban J connectivity index is 3.09. The molecule has 114 valence electrons. The summed E-state index contributed by atoms with van der Waals surface area (Å²) in [6, 6.07) is 8.19. The molecule has 0 saturated carbocycles. The molecule has 21 heavy (non-hydrogen) atoms. The molecule has 0 bridgehead atoms. The quantitative estimate of drug-likeness (QED) is 0.856. The lowest BCUT2D eigenvalue weighted by atomic mass is 10.2. The zero-order valence-electron chi connectivity index (χ0n) is 12.3. The van der Waals surface area contributed by atoms with E-state index < -0.39 is 15.9 Å². The summed E-state index contributed by atoms with van der Waals surface area (Å²) in [4.78, 5) is 11.9. The van der Waals surface area contributed by atoms with Crippen LogP contribution in [-0.2, 0) is 14.8 Å². The predicted octanol–water partition coefficient (Wildman–Crippen LogP) is 1.24. The number of carbonyl (C=O) groups excluding carboxylic acids is 1. The minimum atomic E-state index is -3.67. The number of nitrogens with one attached hydrogen (secondary N) is 1. The van der Waals surface area contributed by atoms with E-state index in [1.165, 1.54) is 12.1 Å². The maximum Gasteiger partial charge on any atom is 0.240 e. The Labute approximate surface area is 125 Å². The fourth-order valence-electron chi connectivity index (χ4n) is 1.72. The van der Waals surface area contributed by atoms with Gasteiger partial charge in [0.15, 0.2) is 0 Å². The van der Waals surface area contributed by atoms with Crippen molar-refractivity contribution in [1.29, 1.82) is 5.26 Å². The summed E-state index contributed by atoms with van der Waals surface area (Å²) in [5.74, 6) is -0.400. The van der Waals surface area contributed by atoms with E-state index in [1.807, 2.05) is 19.9 Å². The summed E-state index contributed by atoms with van der Waals surface area (Å²) in [7, 11) is -3.67. The van der Waals surface area contributed by atoms with E-state index in [9.17, 15) is 13.2 Å². The van der Waals surface area contributed by atoms with Gasteiger partial charge >= 0.3 is 0 Å². The van der Waals surface area contributed by atoms with Gasteiger partial charge in [0.05, 0.1) is 17.5 Å². The predicted molar refractivity (Wildman–Crippen MR) is 81.2 cm³/mol. The molecule has 0 aromatic heterocycles. The van der Waals surface area contributed by atoms with Crippen LogP contribution in [0.15, 0.2) is 24.3 Å². The maximum atomic E-state index is 11.9. The molecule has 0 aliphatic heterocycles. The zero-order chi connectivity index (χ0) is 16.0. The third-order valence-electron chi connectivity index (χ3n) is 3.00. The second-order valence-corrected chi connectivity index (χ2v) is 6.68. The number of para-hydroxylation sites is 1. The minimum Gasteiger partial charge on any atom is -0.352 e. The lowest BCUT2D eigenvalue weighted by Gasteiger charge is -2.23. The maximum absolute atomic E-state index is 11.9. The molecule has 0 radical (unpaired) electrons. The molecule has 1 aromatic rings. The van der Waals surface area contributed by atoms with Gasteiger partial charge in [0, 0.05) is 6.04 Å². The van der Waals surface area contributed by atoms with Crippen LogP contribution in [0.2, 0.25) is 0 Å². The van der Waals surface area contributed by atoms with Crippen LogP contribution in [0.25, 0.3) is 0 Å². The van der Waals surface area contributed by atoms with Crippen molar-refractivity contribution in [2.24, 2.45) is 0 Å². The van der Waals surface area contributed by atoms with Gasteiger partial charge in [0.1, 0.15) is 12.6 Å². The number of hydrogen-bond donors (Lipinski definition) is 1. The van der Waals surface area contributed by atoms with Gasteiger partial charge < -0.3 is 5.32 Å². The molecule has 6 nitrogen and oxygen atoms in total. The largest absolute Gasteiger partial charge is 0.352 e. The molecule has 1 atom stereocenters. The van der Waals surface area contributed by atoms with Crippen molar-refractivity contribution in [3.8, 4) is 6.07 Å². The van der Waals surface area contributed by atoms with Gasteiger partial charge in [-0.25, -0.2) is 8.42 Å². The molecular weight excluding hydrogens is 290 g/mol. The van der Waals surface area contributed by atoms with Crippen LogP contribution in [0.4, 0.5) is 5.69 Å². The monoisotopic (exact) mass is 309 g/mol. The fraction of sp³-hybridized carbons (Fsp3) is 0.429. The van der Waals surface area contributed by atoms with E-state index >= 15 is 0 Å². The molecule has 0 fully saturated rings. The first-order chi connectivity index (χ1) is 9.79. The number of sulfonamides is 1. The Morgan fingerprint density at radius 3 is 2.57 bits per heavy atom. The third-order valence-corrected chi connectivity index (χ3v) is 4.13. The van der Waals surface area contributed by atoms with Crippen LogP contribution in [0, 0.1) is 11.3 Å². The van der Waals surface area contributed by atoms with Crippen LogP contribution < -0.4 is 9.62 Å². The molecule has 0 spiro atoms. The molecule has 1 rings (SSSR count). The second-order valence-electron chi connectivity index (χ2n) is 4.78. The lowest BCUT2D eigenvalue weighted by molar-refractivity contribution is -0.120. The van der Waals surface area contributed by atoms with Gasteiger partial charge in [-0.2, -0.15) is 5.26 Å². The standard InChI is InChI=1S/C14H19N3O3S/c1-4-11(2)16-14(18)10-17(21(3,19)20)13-8-6-5-7-12(13)9-15/h5-8,11H,4,10H2,1-3H3,(H,16,18). The number of anilines is 1. The molecule has 1 amide bonds. The van der Waals surface area contributed by atoms with Crippen LogP contribution in [0.3, 0.4) is 0 Å². The minimum absolute atomic E-state index is 0.0369. The Morgan fingerprint density at radius 2 is 2.05 bits per heavy atom. The molecule has 0 aliphatic carbocycles. The fourth-order valence-corrected chi connectivity index (χ4v) is 2.59. The number of carbonyl (C=O) groups is 1. The van der Waals surface area contributed by atoms with Crippen molar-refractivity contribution in [2.45, 2.75) is 26.3 Å². The van der Waals surface area contributed by atoms with Gasteiger partial charge in [0.25, 0.3) is 0 Å². The average molecular weight is 309 g/mol. The summed E-state index contributed by atoms with van der Waals surface area (Å²) >= 11 is 0. The zero-order valence-corrected chi connectivity index (χ0v) is 13.1. The van der Waals surface area contributed by atoms with Crippen LogP contribution in [0.5, 0.6) is 0 Å². The first-order valence-corrected chi connectivity index (χ1v) is 8.40. The topological polar surface area (TPSA) is 90.3 Å². The number of nitrogens with zero attached hydrogens (tertiary/aromatic N) is 2. The van der Waals surface area contributed by atoms with Gasteiger partial charge in [-0.05, 0) is 25.5 Å². The number of benzene rings is 1. The van der Waals surface area contributed by atoms with Crippen molar-refractivity contribution in [3.05, 3.63) is 29.8 Å². The Bertz CT molecular complexity index is 650. The highest BCUT2D eigenvalue weighted by Crippen LogP contribution is 2.21. The van der Waals surface area contributed by atoms with E-state index in [2.05, 4.69) is 5.32 Å². The first-order valence-electron chi connectivity index (χ1n) is 6.55. The van der Waals surface area contributed by atoms with Crippen LogP contribution in [0.1, 0.15) is 25.8 Å². The summed E-state index contributed by atoms with van der Waals surface area (Å²) < 4.78 is 24.8. The second kappa shape index (κ2) is 7.09. The molecule has 7 heteroatoms. The highest BCUT2D eigenvalue weighted by Gasteiger charge is 2.23. The van der Waals surface area contributed by atoms with E-state index in [1.54, 1.807) is 12.1 Å². The number of amides is 1. The molecule has 0 saturated heterocycles. The Kier molecular flexibility index (Phi) is 5.73. The molecule has 0 heterocycles. The molecular formula is C14H19N3O3S. The highest BCUT2D eigenvalue weighted by molar-refractivity contribution is 7.92.